The lowest BCUT2D eigenvalue weighted by atomic mass is 10.1. The molecule has 0 bridgehead atoms. The summed E-state index contributed by atoms with van der Waals surface area (Å²) in [6.07, 6.45) is 3.28. The number of allylic oxidation sites excluding steroid dienone is 1. The summed E-state index contributed by atoms with van der Waals surface area (Å²) in [5, 5.41) is 0. The molecule has 132 valence electrons. The Balaban J connectivity index is 2.03. The molecule has 0 atom stereocenters. The van der Waals surface area contributed by atoms with Crippen LogP contribution in [0.4, 0.5) is 0 Å². The van der Waals surface area contributed by atoms with Crippen LogP contribution in [-0.2, 0) is 0 Å². The monoisotopic (exact) mass is 460 g/mol. The zero-order valence-electron chi connectivity index (χ0n) is 14.3. The molecule has 0 saturated heterocycles. The van der Waals surface area contributed by atoms with E-state index in [0.29, 0.717) is 41.4 Å². The molecule has 1 aliphatic rings. The minimum atomic E-state index is -0.245. The van der Waals surface area contributed by atoms with Crippen molar-refractivity contribution in [3.63, 3.8) is 0 Å². The van der Waals surface area contributed by atoms with E-state index in [2.05, 4.69) is 29.2 Å². The smallest absolute Gasteiger partial charge is 0.197 e. The summed E-state index contributed by atoms with van der Waals surface area (Å²) in [6.45, 7) is 6.38. The molecule has 0 amide bonds. The van der Waals surface area contributed by atoms with Crippen LogP contribution in [0.5, 0.6) is 11.5 Å². The zero-order valence-corrected chi connectivity index (χ0v) is 16.4. The molecule has 2 aromatic rings. The predicted octanol–water partition coefficient (Wildman–Crippen LogP) is 4.72. The largest absolute Gasteiger partial charge is 0.490 e. The molecule has 26 heavy (non-hydrogen) atoms. The van der Waals surface area contributed by atoms with Gasteiger partial charge in [-0.25, -0.2) is 0 Å². The number of hydrogen-bond acceptors (Lipinski definition) is 4. The van der Waals surface area contributed by atoms with E-state index in [4.69, 9.17) is 9.47 Å². The fourth-order valence-electron chi connectivity index (χ4n) is 2.79. The summed E-state index contributed by atoms with van der Waals surface area (Å²) in [7, 11) is 0. The van der Waals surface area contributed by atoms with Crippen LogP contribution < -0.4 is 9.47 Å². The van der Waals surface area contributed by atoms with Crippen LogP contribution in [0.2, 0.25) is 0 Å². The second-order valence-electron chi connectivity index (χ2n) is 5.62. The fraction of sp³-hybridized carbons (Fsp3) is 0.143. The summed E-state index contributed by atoms with van der Waals surface area (Å²) in [6, 6.07) is 10.5. The van der Waals surface area contributed by atoms with Crippen molar-refractivity contribution in [1.82, 2.24) is 0 Å². The van der Waals surface area contributed by atoms with E-state index in [1.54, 1.807) is 42.5 Å². The third-order valence-corrected chi connectivity index (χ3v) is 4.70. The Morgan fingerprint density at radius 3 is 2.31 bits per heavy atom. The number of benzene rings is 2. The molecule has 0 unspecified atom stereocenters. The van der Waals surface area contributed by atoms with Gasteiger partial charge < -0.3 is 9.47 Å². The average Bonchev–Trinajstić information content (AvgIpc) is 2.87. The van der Waals surface area contributed by atoms with Crippen LogP contribution >= 0.6 is 22.6 Å². The summed E-state index contributed by atoms with van der Waals surface area (Å²) in [4.78, 5) is 25.1. The highest BCUT2D eigenvalue weighted by molar-refractivity contribution is 14.1. The molecule has 0 saturated carbocycles. The maximum absolute atomic E-state index is 12.6. The van der Waals surface area contributed by atoms with Gasteiger partial charge in [-0.1, -0.05) is 36.9 Å². The van der Waals surface area contributed by atoms with Gasteiger partial charge in [0.25, 0.3) is 0 Å². The maximum Gasteiger partial charge on any atom is 0.197 e. The Hall–Kier alpha value is -2.41. The molecule has 0 aromatic heterocycles. The van der Waals surface area contributed by atoms with Crippen molar-refractivity contribution in [3.05, 3.63) is 74.9 Å². The number of carbonyl (C=O) groups is 2. The molecular weight excluding hydrogens is 443 g/mol. The first-order valence-electron chi connectivity index (χ1n) is 8.17. The van der Waals surface area contributed by atoms with Crippen molar-refractivity contribution >= 4 is 40.2 Å². The van der Waals surface area contributed by atoms with Gasteiger partial charge in [0, 0.05) is 11.1 Å². The van der Waals surface area contributed by atoms with E-state index < -0.39 is 0 Å². The number of hydrogen-bond donors (Lipinski definition) is 0. The summed E-state index contributed by atoms with van der Waals surface area (Å²) < 4.78 is 12.2. The summed E-state index contributed by atoms with van der Waals surface area (Å²) in [5.74, 6) is 0.710. The Morgan fingerprint density at radius 1 is 1.08 bits per heavy atom. The Labute approximate surface area is 165 Å². The van der Waals surface area contributed by atoms with E-state index in [1.165, 1.54) is 0 Å². The van der Waals surface area contributed by atoms with Crippen molar-refractivity contribution in [2.24, 2.45) is 0 Å². The lowest BCUT2D eigenvalue weighted by molar-refractivity contribution is 0.0990. The van der Waals surface area contributed by atoms with Crippen molar-refractivity contribution in [2.45, 2.75) is 6.92 Å². The van der Waals surface area contributed by atoms with Crippen molar-refractivity contribution in [1.29, 1.82) is 0 Å². The molecule has 1 aliphatic carbocycles. The number of Topliss-reactive ketones (excluding diaryl/α,β-unsaturated/α-hetero) is 2. The molecule has 2 aromatic carbocycles. The van der Waals surface area contributed by atoms with E-state index in [0.717, 1.165) is 3.57 Å². The minimum Gasteiger partial charge on any atom is -0.490 e. The lowest BCUT2D eigenvalue weighted by Crippen LogP contribution is -2.03. The number of carbonyl (C=O) groups excluding carboxylic acids is 2. The van der Waals surface area contributed by atoms with Gasteiger partial charge in [0.1, 0.15) is 6.61 Å². The molecule has 3 rings (SSSR count). The first-order chi connectivity index (χ1) is 12.6. The Bertz CT molecular complexity index is 891. The van der Waals surface area contributed by atoms with Crippen LogP contribution in [-0.4, -0.2) is 24.8 Å². The molecule has 0 fully saturated rings. The quantitative estimate of drug-likeness (QED) is 0.271. The summed E-state index contributed by atoms with van der Waals surface area (Å²) >= 11 is 2.15. The first-order valence-corrected chi connectivity index (χ1v) is 9.24. The van der Waals surface area contributed by atoms with Crippen LogP contribution in [0.1, 0.15) is 33.2 Å². The van der Waals surface area contributed by atoms with Gasteiger partial charge in [0.2, 0.25) is 0 Å². The second-order valence-corrected chi connectivity index (χ2v) is 6.79. The van der Waals surface area contributed by atoms with Crippen molar-refractivity contribution in [3.8, 4) is 11.5 Å². The third-order valence-electron chi connectivity index (χ3n) is 3.89. The van der Waals surface area contributed by atoms with E-state index in [9.17, 15) is 9.59 Å². The van der Waals surface area contributed by atoms with Crippen LogP contribution in [0, 0.1) is 3.57 Å². The first kappa shape index (κ1) is 18.4. The number of fused-ring (bicyclic) bond motifs is 1. The molecule has 0 radical (unpaired) electrons. The normalized spacial score (nSPS) is 12.8. The van der Waals surface area contributed by atoms with Gasteiger partial charge in [-0.3, -0.25) is 9.59 Å². The lowest BCUT2D eigenvalue weighted by Gasteiger charge is -2.14. The standard InChI is InChI=1S/C21H17IO4/c1-3-9-26-21-17(22)11-13(12-18(21)25-4-2)10-16-19(23)14-7-5-6-8-15(14)20(16)24/h3,5-8,10-12H,1,4,9H2,2H3. The van der Waals surface area contributed by atoms with Gasteiger partial charge in [-0.2, -0.15) is 0 Å². The van der Waals surface area contributed by atoms with Gasteiger partial charge in [0.05, 0.1) is 15.8 Å². The molecular formula is C21H17IO4. The predicted molar refractivity (Wildman–Crippen MR) is 109 cm³/mol. The third kappa shape index (κ3) is 3.44. The number of ether oxygens (including phenoxy) is 2. The van der Waals surface area contributed by atoms with E-state index in [-0.39, 0.29) is 17.1 Å². The molecule has 0 N–H and O–H groups in total. The fourth-order valence-corrected chi connectivity index (χ4v) is 3.57. The molecule has 0 aliphatic heterocycles. The van der Waals surface area contributed by atoms with Crippen molar-refractivity contribution < 1.29 is 19.1 Å². The second kappa shape index (κ2) is 7.86. The highest BCUT2D eigenvalue weighted by Gasteiger charge is 2.32. The molecule has 0 spiro atoms. The zero-order chi connectivity index (χ0) is 18.7. The highest BCUT2D eigenvalue weighted by Crippen LogP contribution is 2.36. The van der Waals surface area contributed by atoms with Crippen LogP contribution in [0.15, 0.2) is 54.6 Å². The van der Waals surface area contributed by atoms with Crippen molar-refractivity contribution in [2.75, 3.05) is 13.2 Å². The maximum atomic E-state index is 12.6. The average molecular weight is 460 g/mol. The van der Waals surface area contributed by atoms with Gasteiger partial charge in [-0.15, -0.1) is 0 Å². The van der Waals surface area contributed by atoms with Crippen LogP contribution in [0.25, 0.3) is 6.08 Å². The van der Waals surface area contributed by atoms with Crippen LogP contribution in [0.3, 0.4) is 0 Å². The van der Waals surface area contributed by atoms with E-state index in [1.807, 2.05) is 13.0 Å². The number of ketones is 2. The number of rotatable bonds is 6. The Morgan fingerprint density at radius 2 is 1.73 bits per heavy atom. The van der Waals surface area contributed by atoms with Gasteiger partial charge in [0.15, 0.2) is 23.1 Å². The summed E-state index contributed by atoms with van der Waals surface area (Å²) in [5.41, 5.74) is 1.79. The topological polar surface area (TPSA) is 52.6 Å². The SMILES string of the molecule is C=CCOc1c(I)cc(C=C2C(=O)c3ccccc3C2=O)cc1OCC. The highest BCUT2D eigenvalue weighted by atomic mass is 127. The van der Waals surface area contributed by atoms with Gasteiger partial charge >= 0.3 is 0 Å². The molecule has 5 heteroatoms. The minimum absolute atomic E-state index is 0.171. The Kier molecular flexibility index (Phi) is 5.56. The van der Waals surface area contributed by atoms with Gasteiger partial charge in [-0.05, 0) is 53.3 Å². The molecule has 4 nitrogen and oxygen atoms in total. The molecule has 0 heterocycles. The number of halogens is 1. The van der Waals surface area contributed by atoms with E-state index >= 15 is 0 Å².